The normalized spacial score (nSPS) is 12.8. The number of hydrogen-bond donors (Lipinski definition) is 1. The van der Waals surface area contributed by atoms with Crippen LogP contribution in [0.3, 0.4) is 0 Å². The van der Waals surface area contributed by atoms with Crippen LogP contribution in [0.25, 0.3) is 5.95 Å². The molecule has 12 heteroatoms. The van der Waals surface area contributed by atoms with E-state index >= 15 is 0 Å². The van der Waals surface area contributed by atoms with E-state index in [1.54, 1.807) is 6.07 Å². The van der Waals surface area contributed by atoms with Crippen LogP contribution in [0.15, 0.2) is 43.2 Å². The Morgan fingerprint density at radius 2 is 1.88 bits per heavy atom. The van der Waals surface area contributed by atoms with Gasteiger partial charge in [0.1, 0.15) is 6.33 Å². The summed E-state index contributed by atoms with van der Waals surface area (Å²) in [6.45, 7) is 0. The van der Waals surface area contributed by atoms with Gasteiger partial charge >= 0.3 is 6.18 Å². The molecule has 0 radical (unpaired) electrons. The summed E-state index contributed by atoms with van der Waals surface area (Å²) < 4.78 is 41.3. The van der Waals surface area contributed by atoms with Crippen molar-refractivity contribution in [1.82, 2.24) is 34.5 Å². The van der Waals surface area contributed by atoms with Gasteiger partial charge in [-0.3, -0.25) is 14.8 Å². The van der Waals surface area contributed by atoms with Crippen LogP contribution in [0.1, 0.15) is 12.5 Å². The van der Waals surface area contributed by atoms with E-state index in [4.69, 9.17) is 0 Å². The average molecular weight is 352 g/mol. The molecule has 1 unspecified atom stereocenters. The van der Waals surface area contributed by atoms with Crippen LogP contribution in [0.5, 0.6) is 0 Å². The van der Waals surface area contributed by atoms with Crippen LogP contribution < -0.4 is 5.32 Å². The molecular weight excluding hydrogens is 341 g/mol. The maximum Gasteiger partial charge on any atom is 0.411 e. The van der Waals surface area contributed by atoms with Crippen molar-refractivity contribution in [2.75, 3.05) is 5.32 Å². The van der Waals surface area contributed by atoms with Crippen LogP contribution in [0.2, 0.25) is 0 Å². The van der Waals surface area contributed by atoms with Crippen molar-refractivity contribution in [3.63, 3.8) is 0 Å². The molecule has 3 aromatic rings. The predicted molar refractivity (Wildman–Crippen MR) is 77.5 cm³/mol. The number of aromatic nitrogens is 7. The lowest BCUT2D eigenvalue weighted by Gasteiger charge is -2.20. The van der Waals surface area contributed by atoms with Gasteiger partial charge in [0.2, 0.25) is 11.9 Å². The molecular formula is C13H11F3N8O. The third-order valence-corrected chi connectivity index (χ3v) is 3.14. The lowest BCUT2D eigenvalue weighted by molar-refractivity contribution is -0.174. The highest BCUT2D eigenvalue weighted by atomic mass is 19.4. The van der Waals surface area contributed by atoms with Gasteiger partial charge in [0.25, 0.3) is 5.95 Å². The maximum absolute atomic E-state index is 13.2. The van der Waals surface area contributed by atoms with E-state index in [2.05, 4.69) is 30.5 Å². The fourth-order valence-electron chi connectivity index (χ4n) is 2.05. The van der Waals surface area contributed by atoms with Crippen LogP contribution in [-0.4, -0.2) is 46.6 Å². The van der Waals surface area contributed by atoms with Crippen molar-refractivity contribution in [2.24, 2.45) is 0 Å². The molecule has 0 saturated carbocycles. The van der Waals surface area contributed by atoms with Crippen LogP contribution in [-0.2, 0) is 4.79 Å². The first-order chi connectivity index (χ1) is 11.9. The fourth-order valence-corrected chi connectivity index (χ4v) is 2.05. The number of anilines is 1. The van der Waals surface area contributed by atoms with E-state index in [9.17, 15) is 18.0 Å². The van der Waals surface area contributed by atoms with E-state index in [0.29, 0.717) is 4.68 Å². The molecule has 0 aromatic carbocycles. The molecule has 0 spiro atoms. The zero-order valence-electron chi connectivity index (χ0n) is 12.5. The van der Waals surface area contributed by atoms with E-state index in [-0.39, 0.29) is 11.9 Å². The third-order valence-electron chi connectivity index (χ3n) is 3.14. The Balaban J connectivity index is 1.76. The molecule has 3 heterocycles. The summed E-state index contributed by atoms with van der Waals surface area (Å²) in [6, 6.07) is 0.836. The smallest absolute Gasteiger partial charge is 0.294 e. The number of nitrogens with one attached hydrogen (secondary N) is 1. The van der Waals surface area contributed by atoms with E-state index in [1.807, 2.05) is 0 Å². The number of rotatable bonds is 5. The zero-order valence-corrected chi connectivity index (χ0v) is 12.5. The SMILES string of the molecule is O=C(CC(n1cccn1)C(F)(F)F)Nc1ncnn1-c1ncccn1. The molecule has 1 atom stereocenters. The Bertz CT molecular complexity index is 831. The molecule has 1 amide bonds. The highest BCUT2D eigenvalue weighted by molar-refractivity contribution is 5.89. The summed E-state index contributed by atoms with van der Waals surface area (Å²) in [5.74, 6) is -0.865. The first kappa shape index (κ1) is 16.5. The standard InChI is InChI=1S/C13H11F3N8O/c14-13(15,16)9(23-6-2-5-20-23)7-10(25)22-12-19-8-21-24(12)11-17-3-1-4-18-11/h1-6,8-9H,7H2,(H,19,21,22,25). The second-order valence-electron chi connectivity index (χ2n) is 4.84. The number of carbonyl (C=O) groups is 1. The van der Waals surface area contributed by atoms with E-state index in [1.165, 1.54) is 24.7 Å². The van der Waals surface area contributed by atoms with Gasteiger partial charge in [0.05, 0.1) is 6.42 Å². The van der Waals surface area contributed by atoms with Crippen molar-refractivity contribution in [3.8, 4) is 5.95 Å². The van der Waals surface area contributed by atoms with Gasteiger partial charge in [-0.2, -0.15) is 33.0 Å². The molecule has 0 saturated heterocycles. The first-order valence-corrected chi connectivity index (χ1v) is 6.98. The fraction of sp³-hybridized carbons (Fsp3) is 0.231. The molecule has 9 nitrogen and oxygen atoms in total. The number of amides is 1. The number of nitrogens with zero attached hydrogens (tertiary/aromatic N) is 7. The van der Waals surface area contributed by atoms with Crippen molar-refractivity contribution >= 4 is 11.9 Å². The van der Waals surface area contributed by atoms with Crippen LogP contribution in [0, 0.1) is 0 Å². The number of alkyl halides is 3. The number of hydrogen-bond acceptors (Lipinski definition) is 6. The topological polar surface area (TPSA) is 103 Å². The minimum atomic E-state index is -4.64. The quantitative estimate of drug-likeness (QED) is 0.744. The number of halogens is 3. The molecule has 25 heavy (non-hydrogen) atoms. The van der Waals surface area contributed by atoms with Crippen molar-refractivity contribution in [2.45, 2.75) is 18.6 Å². The maximum atomic E-state index is 13.2. The molecule has 3 aromatic heterocycles. The minimum absolute atomic E-state index is 0.0856. The summed E-state index contributed by atoms with van der Waals surface area (Å²) >= 11 is 0. The molecule has 0 bridgehead atoms. The largest absolute Gasteiger partial charge is 0.411 e. The van der Waals surface area contributed by atoms with Crippen molar-refractivity contribution < 1.29 is 18.0 Å². The van der Waals surface area contributed by atoms with Gasteiger partial charge in [0, 0.05) is 24.8 Å². The van der Waals surface area contributed by atoms with E-state index in [0.717, 1.165) is 17.2 Å². The summed E-state index contributed by atoms with van der Waals surface area (Å²) in [5, 5.41) is 9.69. The Labute approximate surface area is 138 Å². The summed E-state index contributed by atoms with van der Waals surface area (Å²) in [5.41, 5.74) is 0. The van der Waals surface area contributed by atoms with Crippen LogP contribution >= 0.6 is 0 Å². The van der Waals surface area contributed by atoms with Gasteiger partial charge < -0.3 is 0 Å². The Morgan fingerprint density at radius 1 is 1.12 bits per heavy atom. The molecule has 0 fully saturated rings. The van der Waals surface area contributed by atoms with Gasteiger partial charge in [0.15, 0.2) is 6.04 Å². The van der Waals surface area contributed by atoms with Crippen molar-refractivity contribution in [3.05, 3.63) is 43.2 Å². The summed E-state index contributed by atoms with van der Waals surface area (Å²) in [6.07, 6.45) is 0.875. The molecule has 0 aliphatic rings. The lowest BCUT2D eigenvalue weighted by atomic mass is 10.2. The van der Waals surface area contributed by atoms with Crippen molar-refractivity contribution in [1.29, 1.82) is 0 Å². The molecule has 1 N–H and O–H groups in total. The Kier molecular flexibility index (Phi) is 4.41. The molecule has 0 aliphatic carbocycles. The number of carbonyl (C=O) groups excluding carboxylic acids is 1. The molecule has 130 valence electrons. The third kappa shape index (κ3) is 3.79. The Morgan fingerprint density at radius 3 is 2.52 bits per heavy atom. The lowest BCUT2D eigenvalue weighted by Crippen LogP contribution is -2.31. The summed E-state index contributed by atoms with van der Waals surface area (Å²) in [4.78, 5) is 23.7. The van der Waals surface area contributed by atoms with Gasteiger partial charge in [-0.1, -0.05) is 0 Å². The second-order valence-corrected chi connectivity index (χ2v) is 4.84. The minimum Gasteiger partial charge on any atom is -0.294 e. The molecule has 3 rings (SSSR count). The highest BCUT2D eigenvalue weighted by Gasteiger charge is 2.42. The highest BCUT2D eigenvalue weighted by Crippen LogP contribution is 2.32. The molecule has 0 aliphatic heterocycles. The van der Waals surface area contributed by atoms with Crippen LogP contribution in [0.4, 0.5) is 19.1 Å². The summed E-state index contributed by atoms with van der Waals surface area (Å²) in [7, 11) is 0. The van der Waals surface area contributed by atoms with Gasteiger partial charge in [-0.05, 0) is 12.1 Å². The zero-order chi connectivity index (χ0) is 17.9. The predicted octanol–water partition coefficient (Wildman–Crippen LogP) is 1.39. The average Bonchev–Trinajstić information content (AvgIpc) is 3.24. The first-order valence-electron chi connectivity index (χ1n) is 6.98. The monoisotopic (exact) mass is 352 g/mol. The van der Waals surface area contributed by atoms with Gasteiger partial charge in [-0.15, -0.1) is 0 Å². The van der Waals surface area contributed by atoms with E-state index < -0.39 is 24.5 Å². The van der Waals surface area contributed by atoms with Gasteiger partial charge in [-0.25, -0.2) is 9.97 Å². The Hall–Kier alpha value is -3.31. The second kappa shape index (κ2) is 6.67.